The van der Waals surface area contributed by atoms with Gasteiger partial charge in [-0.1, -0.05) is 28.6 Å². The van der Waals surface area contributed by atoms with Crippen LogP contribution in [0.5, 0.6) is 0 Å². The molecule has 1 N–H and O–H groups in total. The maximum atomic E-state index is 5.15. The molecule has 5 aromatic rings. The third-order valence-electron chi connectivity index (χ3n) is 4.73. The van der Waals surface area contributed by atoms with E-state index in [2.05, 4.69) is 35.3 Å². The van der Waals surface area contributed by atoms with Crippen molar-refractivity contribution in [3.8, 4) is 5.69 Å². The molecule has 9 heteroatoms. The van der Waals surface area contributed by atoms with Crippen molar-refractivity contribution >= 4 is 16.9 Å². The molecule has 0 radical (unpaired) electrons. The molecule has 4 heterocycles. The first kappa shape index (κ1) is 18.0. The highest BCUT2D eigenvalue weighted by Crippen LogP contribution is 2.23. The molecule has 0 aliphatic rings. The summed E-state index contributed by atoms with van der Waals surface area (Å²) in [5, 5.41) is 16.0. The van der Waals surface area contributed by atoms with Gasteiger partial charge in [0.15, 0.2) is 5.82 Å². The third-order valence-corrected chi connectivity index (χ3v) is 4.73. The Hall–Kier alpha value is -4.01. The van der Waals surface area contributed by atoms with Crippen LogP contribution >= 0.6 is 0 Å². The van der Waals surface area contributed by atoms with Crippen molar-refractivity contribution in [3.63, 3.8) is 0 Å². The Balaban J connectivity index is 1.44. The number of hydrogen-bond acceptors (Lipinski definition) is 7. The van der Waals surface area contributed by atoms with Crippen LogP contribution in [0.1, 0.15) is 23.0 Å². The van der Waals surface area contributed by atoms with E-state index >= 15 is 0 Å². The number of nitrogens with zero attached hydrogens (tertiary/aromatic N) is 7. The predicted octanol–water partition coefficient (Wildman–Crippen LogP) is 3.28. The zero-order chi connectivity index (χ0) is 20.5. The minimum absolute atomic E-state index is 0.512. The van der Waals surface area contributed by atoms with E-state index in [9.17, 15) is 0 Å². The van der Waals surface area contributed by atoms with Gasteiger partial charge < -0.3 is 14.4 Å². The van der Waals surface area contributed by atoms with E-state index < -0.39 is 0 Å². The second kappa shape index (κ2) is 7.43. The molecule has 0 bridgehead atoms. The van der Waals surface area contributed by atoms with Crippen LogP contribution in [-0.2, 0) is 13.1 Å². The number of aryl methyl sites for hydroxylation is 2. The van der Waals surface area contributed by atoms with Crippen LogP contribution in [0.15, 0.2) is 59.4 Å². The van der Waals surface area contributed by atoms with E-state index in [-0.39, 0.29) is 0 Å². The van der Waals surface area contributed by atoms with E-state index in [0.717, 1.165) is 39.7 Å². The minimum Gasteiger partial charge on any atom is -0.362 e. The summed E-state index contributed by atoms with van der Waals surface area (Å²) in [7, 11) is 0. The molecule has 0 saturated heterocycles. The normalized spacial score (nSPS) is 11.3. The van der Waals surface area contributed by atoms with Gasteiger partial charge in [0.25, 0.3) is 0 Å². The third kappa shape index (κ3) is 3.52. The van der Waals surface area contributed by atoms with Gasteiger partial charge in [0, 0.05) is 12.3 Å². The summed E-state index contributed by atoms with van der Waals surface area (Å²) >= 11 is 0. The molecule has 0 saturated carbocycles. The first-order valence-corrected chi connectivity index (χ1v) is 9.62. The molecule has 0 amide bonds. The SMILES string of the molecule is Cc1nc(NCc2cc(C)on2)c2c(ccn2Cc2cn(-c3ccccc3)nn2)n1. The van der Waals surface area contributed by atoms with Crippen LogP contribution < -0.4 is 5.32 Å². The predicted molar refractivity (Wildman–Crippen MR) is 111 cm³/mol. The first-order chi connectivity index (χ1) is 14.7. The van der Waals surface area contributed by atoms with E-state index in [4.69, 9.17) is 4.52 Å². The fourth-order valence-corrected chi connectivity index (χ4v) is 3.41. The topological polar surface area (TPSA) is 99.5 Å². The van der Waals surface area contributed by atoms with Crippen LogP contribution in [0.4, 0.5) is 5.82 Å². The summed E-state index contributed by atoms with van der Waals surface area (Å²) in [6.45, 7) is 4.82. The number of para-hydroxylation sites is 1. The van der Waals surface area contributed by atoms with Crippen LogP contribution in [-0.4, -0.2) is 34.7 Å². The van der Waals surface area contributed by atoms with E-state index in [0.29, 0.717) is 18.9 Å². The number of fused-ring (bicyclic) bond motifs is 1. The number of nitrogens with one attached hydrogen (secondary N) is 1. The van der Waals surface area contributed by atoms with Crippen molar-refractivity contribution in [2.24, 2.45) is 0 Å². The van der Waals surface area contributed by atoms with E-state index in [1.165, 1.54) is 0 Å². The van der Waals surface area contributed by atoms with E-state index in [1.807, 2.05) is 68.7 Å². The van der Waals surface area contributed by atoms with Gasteiger partial charge in [0.2, 0.25) is 0 Å². The molecular formula is C21H20N8O. The van der Waals surface area contributed by atoms with Gasteiger partial charge >= 0.3 is 0 Å². The van der Waals surface area contributed by atoms with Crippen molar-refractivity contribution < 1.29 is 4.52 Å². The average Bonchev–Trinajstić information content (AvgIpc) is 3.48. The molecule has 1 aromatic carbocycles. The molecule has 0 aliphatic heterocycles. The number of hydrogen-bond donors (Lipinski definition) is 1. The molecule has 0 aliphatic carbocycles. The molecule has 0 unspecified atom stereocenters. The second-order valence-electron chi connectivity index (χ2n) is 7.07. The average molecular weight is 400 g/mol. The minimum atomic E-state index is 0.512. The Morgan fingerprint density at radius 3 is 2.70 bits per heavy atom. The van der Waals surface area contributed by atoms with Crippen LogP contribution in [0.2, 0.25) is 0 Å². The van der Waals surface area contributed by atoms with E-state index in [1.54, 1.807) is 4.68 Å². The molecular weight excluding hydrogens is 380 g/mol. The second-order valence-corrected chi connectivity index (χ2v) is 7.07. The quantitative estimate of drug-likeness (QED) is 0.467. The van der Waals surface area contributed by atoms with Crippen molar-refractivity contribution in [3.05, 3.63) is 77.8 Å². The van der Waals surface area contributed by atoms with Crippen molar-refractivity contribution in [2.45, 2.75) is 26.9 Å². The van der Waals surface area contributed by atoms with Crippen LogP contribution in [0.25, 0.3) is 16.7 Å². The molecule has 0 fully saturated rings. The maximum Gasteiger partial charge on any atom is 0.154 e. The van der Waals surface area contributed by atoms with Gasteiger partial charge in [-0.15, -0.1) is 5.10 Å². The summed E-state index contributed by atoms with van der Waals surface area (Å²) in [5.41, 5.74) is 4.42. The number of anilines is 1. The van der Waals surface area contributed by atoms with Crippen molar-refractivity contribution in [2.75, 3.05) is 5.32 Å². The maximum absolute atomic E-state index is 5.15. The summed E-state index contributed by atoms with van der Waals surface area (Å²) in [4.78, 5) is 9.17. The number of aromatic nitrogens is 7. The Bertz CT molecular complexity index is 1300. The van der Waals surface area contributed by atoms with Crippen molar-refractivity contribution in [1.29, 1.82) is 0 Å². The smallest absolute Gasteiger partial charge is 0.154 e. The van der Waals surface area contributed by atoms with Crippen LogP contribution in [0, 0.1) is 13.8 Å². The fourth-order valence-electron chi connectivity index (χ4n) is 3.41. The summed E-state index contributed by atoms with van der Waals surface area (Å²) in [6.07, 6.45) is 3.92. The van der Waals surface area contributed by atoms with Gasteiger partial charge in [-0.2, -0.15) is 0 Å². The van der Waals surface area contributed by atoms with Gasteiger partial charge in [0.1, 0.15) is 28.5 Å². The first-order valence-electron chi connectivity index (χ1n) is 9.62. The molecule has 5 rings (SSSR count). The lowest BCUT2D eigenvalue weighted by Crippen LogP contribution is -2.07. The lowest BCUT2D eigenvalue weighted by Gasteiger charge is -2.10. The summed E-state index contributed by atoms with van der Waals surface area (Å²) < 4.78 is 8.99. The molecule has 9 nitrogen and oxygen atoms in total. The van der Waals surface area contributed by atoms with Crippen molar-refractivity contribution in [1.82, 2.24) is 34.7 Å². The Morgan fingerprint density at radius 1 is 1.03 bits per heavy atom. The Morgan fingerprint density at radius 2 is 1.90 bits per heavy atom. The van der Waals surface area contributed by atoms with Gasteiger partial charge in [0.05, 0.1) is 30.5 Å². The highest BCUT2D eigenvalue weighted by Gasteiger charge is 2.13. The molecule has 4 aromatic heterocycles. The number of benzene rings is 1. The van der Waals surface area contributed by atoms with Gasteiger partial charge in [-0.05, 0) is 32.0 Å². The lowest BCUT2D eigenvalue weighted by molar-refractivity contribution is 0.391. The molecule has 0 spiro atoms. The largest absolute Gasteiger partial charge is 0.362 e. The molecule has 30 heavy (non-hydrogen) atoms. The standard InChI is InChI=1S/C21H20N8O/c1-14-10-16(26-30-14)11-22-21-20-19(23-15(2)24-21)8-9-28(20)12-17-13-29(27-25-17)18-6-4-3-5-7-18/h3-10,13H,11-12H2,1-2H3,(H,22,23,24). The van der Waals surface area contributed by atoms with Crippen LogP contribution in [0.3, 0.4) is 0 Å². The van der Waals surface area contributed by atoms with Gasteiger partial charge in [-0.3, -0.25) is 0 Å². The zero-order valence-corrected chi connectivity index (χ0v) is 16.6. The Labute approximate surface area is 172 Å². The summed E-state index contributed by atoms with van der Waals surface area (Å²) in [5.74, 6) is 2.23. The molecule has 150 valence electrons. The van der Waals surface area contributed by atoms with Gasteiger partial charge in [-0.25, -0.2) is 14.6 Å². The fraction of sp³-hybridized carbons (Fsp3) is 0.190. The Kier molecular flexibility index (Phi) is 4.47. The highest BCUT2D eigenvalue weighted by molar-refractivity contribution is 5.86. The monoisotopic (exact) mass is 400 g/mol. The zero-order valence-electron chi connectivity index (χ0n) is 16.6. The lowest BCUT2D eigenvalue weighted by atomic mass is 10.3. The highest BCUT2D eigenvalue weighted by atomic mass is 16.5. The number of rotatable bonds is 6. The molecule has 0 atom stereocenters. The summed E-state index contributed by atoms with van der Waals surface area (Å²) in [6, 6.07) is 13.8.